The molecule has 0 heterocycles. The van der Waals surface area contributed by atoms with Gasteiger partial charge in [-0.2, -0.15) is 0 Å². The highest BCUT2D eigenvalue weighted by Gasteiger charge is 2.12. The number of nitrogens with one attached hydrogen (secondary N) is 1. The van der Waals surface area contributed by atoms with Crippen LogP contribution in [-0.2, 0) is 4.79 Å². The van der Waals surface area contributed by atoms with Crippen LogP contribution < -0.4 is 5.32 Å². The molecule has 1 atom stereocenters. The summed E-state index contributed by atoms with van der Waals surface area (Å²) in [7, 11) is 0. The van der Waals surface area contributed by atoms with Crippen molar-refractivity contribution in [1.29, 1.82) is 0 Å². The zero-order chi connectivity index (χ0) is 16.8. The van der Waals surface area contributed by atoms with Crippen molar-refractivity contribution in [3.8, 4) is 0 Å². The Morgan fingerprint density at radius 2 is 1.87 bits per heavy atom. The van der Waals surface area contributed by atoms with Gasteiger partial charge in [-0.1, -0.05) is 35.4 Å². The Hall–Kier alpha value is -1.45. The molecule has 0 unspecified atom stereocenters. The lowest BCUT2D eigenvalue weighted by atomic mass is 10.00. The first-order chi connectivity index (χ1) is 11.0. The third kappa shape index (κ3) is 5.60. The Labute approximate surface area is 147 Å². The van der Waals surface area contributed by atoms with Crippen LogP contribution in [0.25, 0.3) is 0 Å². The van der Waals surface area contributed by atoms with Gasteiger partial charge in [0.05, 0.1) is 6.04 Å². The number of amides is 1. The number of benzene rings is 2. The van der Waals surface area contributed by atoms with Crippen LogP contribution in [0.2, 0.25) is 5.02 Å². The van der Waals surface area contributed by atoms with Gasteiger partial charge in [0.2, 0.25) is 5.91 Å². The summed E-state index contributed by atoms with van der Waals surface area (Å²) in [5.74, 6) is 0.840. The molecule has 0 spiro atoms. The lowest BCUT2D eigenvalue weighted by molar-refractivity contribution is -0.121. The second-order valence-corrected chi connectivity index (χ2v) is 7.31. The van der Waals surface area contributed by atoms with E-state index in [0.717, 1.165) is 15.7 Å². The second-order valence-electron chi connectivity index (χ2n) is 5.70. The molecule has 2 nitrogen and oxygen atoms in total. The average molecular weight is 348 g/mol. The van der Waals surface area contributed by atoms with Crippen molar-refractivity contribution >= 4 is 29.3 Å². The van der Waals surface area contributed by atoms with E-state index >= 15 is 0 Å². The maximum atomic E-state index is 12.1. The number of carbonyl (C=O) groups excluding carboxylic acids is 1. The maximum Gasteiger partial charge on any atom is 0.221 e. The first-order valence-electron chi connectivity index (χ1n) is 7.70. The Bertz CT molecular complexity index is 670. The monoisotopic (exact) mass is 347 g/mol. The molecule has 2 aromatic carbocycles. The van der Waals surface area contributed by atoms with Crippen LogP contribution in [0.5, 0.6) is 0 Å². The van der Waals surface area contributed by atoms with Crippen molar-refractivity contribution in [3.63, 3.8) is 0 Å². The molecule has 0 saturated heterocycles. The maximum absolute atomic E-state index is 12.1. The Balaban J connectivity index is 1.82. The number of hydrogen-bond donors (Lipinski definition) is 1. The van der Waals surface area contributed by atoms with Crippen LogP contribution in [0.4, 0.5) is 0 Å². The molecule has 0 saturated carbocycles. The molecule has 1 amide bonds. The van der Waals surface area contributed by atoms with Crippen LogP contribution in [-0.4, -0.2) is 11.7 Å². The van der Waals surface area contributed by atoms with Crippen molar-refractivity contribution < 1.29 is 4.79 Å². The van der Waals surface area contributed by atoms with Crippen LogP contribution in [0.15, 0.2) is 47.4 Å². The molecule has 0 fully saturated rings. The number of rotatable bonds is 6. The predicted octanol–water partition coefficient (Wildman–Crippen LogP) is 5.32. The van der Waals surface area contributed by atoms with Crippen LogP contribution in [0, 0.1) is 13.8 Å². The Morgan fingerprint density at radius 3 is 2.57 bits per heavy atom. The summed E-state index contributed by atoms with van der Waals surface area (Å²) in [4.78, 5) is 13.3. The summed E-state index contributed by atoms with van der Waals surface area (Å²) >= 11 is 7.53. The van der Waals surface area contributed by atoms with Gasteiger partial charge in [-0.25, -0.2) is 0 Å². The van der Waals surface area contributed by atoms with E-state index in [4.69, 9.17) is 11.6 Å². The van der Waals surface area contributed by atoms with Gasteiger partial charge in [-0.15, -0.1) is 11.8 Å². The van der Waals surface area contributed by atoms with Gasteiger partial charge in [0.15, 0.2) is 0 Å². The molecule has 23 heavy (non-hydrogen) atoms. The molecular weight excluding hydrogens is 326 g/mol. The van der Waals surface area contributed by atoms with E-state index in [1.807, 2.05) is 31.2 Å². The van der Waals surface area contributed by atoms with Crippen molar-refractivity contribution in [2.24, 2.45) is 0 Å². The highest BCUT2D eigenvalue weighted by atomic mass is 35.5. The van der Waals surface area contributed by atoms with Crippen molar-refractivity contribution in [2.75, 3.05) is 5.75 Å². The summed E-state index contributed by atoms with van der Waals surface area (Å²) in [5.41, 5.74) is 3.60. The van der Waals surface area contributed by atoms with E-state index in [1.165, 1.54) is 16.7 Å². The zero-order valence-corrected chi connectivity index (χ0v) is 15.3. The van der Waals surface area contributed by atoms with Gasteiger partial charge in [-0.05, 0) is 56.2 Å². The largest absolute Gasteiger partial charge is 0.350 e. The van der Waals surface area contributed by atoms with Crippen LogP contribution in [0.3, 0.4) is 0 Å². The normalized spacial score (nSPS) is 12.0. The predicted molar refractivity (Wildman–Crippen MR) is 99.3 cm³/mol. The molecule has 0 aliphatic carbocycles. The van der Waals surface area contributed by atoms with Gasteiger partial charge in [0.25, 0.3) is 0 Å². The summed E-state index contributed by atoms with van der Waals surface area (Å²) in [6.07, 6.45) is 0.502. The second kappa shape index (κ2) is 8.42. The van der Waals surface area contributed by atoms with Crippen molar-refractivity contribution in [3.05, 3.63) is 64.2 Å². The lowest BCUT2D eigenvalue weighted by Crippen LogP contribution is -2.27. The third-order valence-corrected chi connectivity index (χ3v) is 4.96. The van der Waals surface area contributed by atoms with E-state index in [9.17, 15) is 4.79 Å². The van der Waals surface area contributed by atoms with E-state index in [-0.39, 0.29) is 11.9 Å². The van der Waals surface area contributed by atoms with E-state index in [0.29, 0.717) is 6.42 Å². The molecule has 0 aliphatic rings. The SMILES string of the molecule is Cc1ccc(C)c([C@@H](C)NC(=O)CCSc2ccc(Cl)cc2)c1. The number of thioether (sulfide) groups is 1. The molecule has 0 bridgehead atoms. The highest BCUT2D eigenvalue weighted by molar-refractivity contribution is 7.99. The van der Waals surface area contributed by atoms with E-state index < -0.39 is 0 Å². The van der Waals surface area contributed by atoms with Gasteiger partial charge in [-0.3, -0.25) is 4.79 Å². The molecule has 0 aliphatic heterocycles. The summed E-state index contributed by atoms with van der Waals surface area (Å²) in [6, 6.07) is 14.1. The highest BCUT2D eigenvalue weighted by Crippen LogP contribution is 2.22. The molecule has 1 N–H and O–H groups in total. The van der Waals surface area contributed by atoms with E-state index in [2.05, 4.69) is 37.4 Å². The fourth-order valence-electron chi connectivity index (χ4n) is 2.41. The third-order valence-electron chi connectivity index (χ3n) is 3.69. The standard InChI is InChI=1S/C19H22ClNOS/c1-13-4-5-14(2)18(12-13)15(3)21-19(22)10-11-23-17-8-6-16(20)7-9-17/h4-9,12,15H,10-11H2,1-3H3,(H,21,22)/t15-/m1/s1. The number of carbonyl (C=O) groups is 1. The first-order valence-corrected chi connectivity index (χ1v) is 9.07. The number of hydrogen-bond acceptors (Lipinski definition) is 2. The molecule has 2 rings (SSSR count). The number of aryl methyl sites for hydroxylation is 2. The molecule has 122 valence electrons. The minimum atomic E-state index is 0.0305. The van der Waals surface area contributed by atoms with Gasteiger partial charge in [0, 0.05) is 22.1 Å². The first kappa shape index (κ1) is 17.9. The fraction of sp³-hybridized carbons (Fsp3) is 0.316. The lowest BCUT2D eigenvalue weighted by Gasteiger charge is -2.17. The smallest absolute Gasteiger partial charge is 0.221 e. The number of halogens is 1. The average Bonchev–Trinajstić information content (AvgIpc) is 2.51. The van der Waals surface area contributed by atoms with Crippen LogP contribution >= 0.6 is 23.4 Å². The van der Waals surface area contributed by atoms with Crippen LogP contribution in [0.1, 0.15) is 36.1 Å². The summed E-state index contributed by atoms with van der Waals surface area (Å²) in [6.45, 7) is 6.18. The molecule has 0 aromatic heterocycles. The zero-order valence-electron chi connectivity index (χ0n) is 13.7. The summed E-state index contributed by atoms with van der Waals surface area (Å²) < 4.78 is 0. The van der Waals surface area contributed by atoms with Crippen molar-refractivity contribution in [2.45, 2.75) is 38.1 Å². The molecular formula is C19H22ClNOS. The van der Waals surface area contributed by atoms with Gasteiger partial charge >= 0.3 is 0 Å². The Morgan fingerprint density at radius 1 is 1.17 bits per heavy atom. The van der Waals surface area contributed by atoms with Gasteiger partial charge in [0.1, 0.15) is 0 Å². The fourth-order valence-corrected chi connectivity index (χ4v) is 3.39. The molecule has 2 aromatic rings. The van der Waals surface area contributed by atoms with Gasteiger partial charge < -0.3 is 5.32 Å². The minimum absolute atomic E-state index is 0.0305. The Kier molecular flexibility index (Phi) is 6.55. The summed E-state index contributed by atoms with van der Waals surface area (Å²) in [5, 5.41) is 3.82. The molecule has 4 heteroatoms. The van der Waals surface area contributed by atoms with Crippen molar-refractivity contribution in [1.82, 2.24) is 5.32 Å². The minimum Gasteiger partial charge on any atom is -0.350 e. The molecule has 0 radical (unpaired) electrons. The van der Waals surface area contributed by atoms with E-state index in [1.54, 1.807) is 11.8 Å². The quantitative estimate of drug-likeness (QED) is 0.717. The topological polar surface area (TPSA) is 29.1 Å².